The highest BCUT2D eigenvalue weighted by molar-refractivity contribution is 6.30. The Morgan fingerprint density at radius 1 is 1.17 bits per heavy atom. The molecule has 0 aliphatic heterocycles. The number of halogens is 1. The lowest BCUT2D eigenvalue weighted by Crippen LogP contribution is -2.15. The summed E-state index contributed by atoms with van der Waals surface area (Å²) in [5.41, 5.74) is 0.404. The molecule has 2 aromatic carbocycles. The first-order valence-corrected chi connectivity index (χ1v) is 7.58. The summed E-state index contributed by atoms with van der Waals surface area (Å²) in [5, 5.41) is 1.71. The van der Waals surface area contributed by atoms with Crippen molar-refractivity contribution in [2.24, 2.45) is 0 Å². The van der Waals surface area contributed by atoms with E-state index in [1.54, 1.807) is 48.5 Å². The van der Waals surface area contributed by atoms with Gasteiger partial charge in [0.2, 0.25) is 0 Å². The predicted molar refractivity (Wildman–Crippen MR) is 91.7 cm³/mol. The summed E-state index contributed by atoms with van der Waals surface area (Å²) >= 11 is 5.95. The topological polar surface area (TPSA) is 68.4 Å². The minimum Gasteiger partial charge on any atom is -0.496 e. The van der Waals surface area contributed by atoms with Crippen molar-refractivity contribution < 1.29 is 14.3 Å². The number of nitrogens with one attached hydrogen (secondary N) is 1. The van der Waals surface area contributed by atoms with Gasteiger partial charge in [-0.3, -0.25) is 4.79 Å². The van der Waals surface area contributed by atoms with Crippen LogP contribution in [0.1, 0.15) is 16.1 Å². The molecule has 3 rings (SSSR count). The Balaban J connectivity index is 1.83. The smallest absolute Gasteiger partial charge is 0.355 e. The quantitative estimate of drug-likeness (QED) is 0.736. The van der Waals surface area contributed by atoms with Gasteiger partial charge in [-0.2, -0.15) is 0 Å². The largest absolute Gasteiger partial charge is 0.496 e. The standard InChI is InChI=1S/C18H14ClNO4/c1-23-16-7-6-13(19)8-12(16)10-24-18(22)15-9-11-4-2-3-5-14(11)17(21)20-15/h2-9H,10H2,1H3,(H,20,21). The van der Waals surface area contributed by atoms with Crippen LogP contribution in [-0.4, -0.2) is 18.1 Å². The average Bonchev–Trinajstić information content (AvgIpc) is 2.59. The maximum atomic E-state index is 12.2. The lowest BCUT2D eigenvalue weighted by molar-refractivity contribution is 0.0463. The van der Waals surface area contributed by atoms with Gasteiger partial charge in [0.15, 0.2) is 0 Å². The fourth-order valence-corrected chi connectivity index (χ4v) is 2.60. The molecule has 122 valence electrons. The zero-order chi connectivity index (χ0) is 17.1. The number of carbonyl (C=O) groups is 1. The maximum absolute atomic E-state index is 12.2. The molecule has 24 heavy (non-hydrogen) atoms. The molecule has 0 unspecified atom stereocenters. The second-order valence-electron chi connectivity index (χ2n) is 5.13. The van der Waals surface area contributed by atoms with Crippen LogP contribution in [0.15, 0.2) is 53.3 Å². The summed E-state index contributed by atoms with van der Waals surface area (Å²) in [6.07, 6.45) is 0. The van der Waals surface area contributed by atoms with E-state index in [0.29, 0.717) is 27.1 Å². The number of carbonyl (C=O) groups excluding carboxylic acids is 1. The fraction of sp³-hybridized carbons (Fsp3) is 0.111. The van der Waals surface area contributed by atoms with Crippen molar-refractivity contribution in [1.29, 1.82) is 0 Å². The molecule has 5 nitrogen and oxygen atoms in total. The Bertz CT molecular complexity index is 965. The first kappa shape index (κ1) is 16.1. The van der Waals surface area contributed by atoms with Gasteiger partial charge in [0.25, 0.3) is 5.56 Å². The number of rotatable bonds is 4. The van der Waals surface area contributed by atoms with Gasteiger partial charge < -0.3 is 14.5 Å². The molecule has 0 radical (unpaired) electrons. The van der Waals surface area contributed by atoms with Gasteiger partial charge in [-0.25, -0.2) is 4.79 Å². The van der Waals surface area contributed by atoms with Crippen LogP contribution in [0, 0.1) is 0 Å². The molecule has 0 saturated heterocycles. The van der Waals surface area contributed by atoms with Crippen LogP contribution in [-0.2, 0) is 11.3 Å². The zero-order valence-electron chi connectivity index (χ0n) is 12.8. The lowest BCUT2D eigenvalue weighted by Gasteiger charge is -2.10. The molecule has 0 amide bonds. The Morgan fingerprint density at radius 2 is 1.96 bits per heavy atom. The molecule has 1 N–H and O–H groups in total. The van der Waals surface area contributed by atoms with Gasteiger partial charge in [0.1, 0.15) is 18.1 Å². The van der Waals surface area contributed by atoms with E-state index in [1.807, 2.05) is 0 Å². The third kappa shape index (κ3) is 3.26. The lowest BCUT2D eigenvalue weighted by atomic mass is 10.1. The number of H-pyrrole nitrogens is 1. The second-order valence-corrected chi connectivity index (χ2v) is 5.57. The number of fused-ring (bicyclic) bond motifs is 1. The molecule has 0 saturated carbocycles. The van der Waals surface area contributed by atoms with E-state index in [0.717, 1.165) is 0 Å². The van der Waals surface area contributed by atoms with Gasteiger partial charge in [-0.1, -0.05) is 29.8 Å². The molecule has 0 fully saturated rings. The van der Waals surface area contributed by atoms with Gasteiger partial charge in [0, 0.05) is 16.0 Å². The number of hydrogen-bond donors (Lipinski definition) is 1. The summed E-state index contributed by atoms with van der Waals surface area (Å²) in [7, 11) is 1.52. The molecule has 0 aliphatic rings. The van der Waals surface area contributed by atoms with Crippen LogP contribution in [0.3, 0.4) is 0 Å². The van der Waals surface area contributed by atoms with Crippen molar-refractivity contribution in [1.82, 2.24) is 4.98 Å². The van der Waals surface area contributed by atoms with Crippen LogP contribution < -0.4 is 10.3 Å². The number of aromatic amines is 1. The SMILES string of the molecule is COc1ccc(Cl)cc1COC(=O)c1cc2ccccc2c(=O)[nH]1. The van der Waals surface area contributed by atoms with E-state index in [2.05, 4.69) is 4.98 Å². The highest BCUT2D eigenvalue weighted by atomic mass is 35.5. The summed E-state index contributed by atoms with van der Waals surface area (Å²) < 4.78 is 10.5. The first-order valence-electron chi connectivity index (χ1n) is 7.20. The van der Waals surface area contributed by atoms with Crippen LogP contribution in [0.4, 0.5) is 0 Å². The van der Waals surface area contributed by atoms with Crippen molar-refractivity contribution in [2.75, 3.05) is 7.11 Å². The van der Waals surface area contributed by atoms with Crippen molar-refractivity contribution in [3.8, 4) is 5.75 Å². The predicted octanol–water partition coefficient (Wildman–Crippen LogP) is 3.55. The first-order chi connectivity index (χ1) is 11.6. The number of esters is 1. The molecule has 0 spiro atoms. The average molecular weight is 344 g/mol. The summed E-state index contributed by atoms with van der Waals surface area (Å²) in [4.78, 5) is 26.8. The minimum atomic E-state index is -0.625. The molecule has 1 heterocycles. The van der Waals surface area contributed by atoms with E-state index in [4.69, 9.17) is 21.1 Å². The number of benzene rings is 2. The third-order valence-corrected chi connectivity index (χ3v) is 3.81. The molecular formula is C18H14ClNO4. The third-order valence-electron chi connectivity index (χ3n) is 3.57. The van der Waals surface area contributed by atoms with Crippen LogP contribution in [0.5, 0.6) is 5.75 Å². The second kappa shape index (κ2) is 6.76. The Morgan fingerprint density at radius 3 is 2.75 bits per heavy atom. The van der Waals surface area contributed by atoms with Crippen molar-refractivity contribution in [3.63, 3.8) is 0 Å². The summed E-state index contributed by atoms with van der Waals surface area (Å²) in [5.74, 6) is -0.0564. The highest BCUT2D eigenvalue weighted by Gasteiger charge is 2.13. The Labute approximate surface area is 142 Å². The van der Waals surface area contributed by atoms with Crippen molar-refractivity contribution in [2.45, 2.75) is 6.61 Å². The zero-order valence-corrected chi connectivity index (χ0v) is 13.6. The molecule has 0 aliphatic carbocycles. The summed E-state index contributed by atoms with van der Waals surface area (Å²) in [6, 6.07) is 13.7. The number of pyridine rings is 1. The van der Waals surface area contributed by atoms with Crippen molar-refractivity contribution >= 4 is 28.3 Å². The molecule has 1 aromatic heterocycles. The van der Waals surface area contributed by atoms with Crippen LogP contribution in [0.2, 0.25) is 5.02 Å². The Hall–Kier alpha value is -2.79. The van der Waals surface area contributed by atoms with Crippen molar-refractivity contribution in [3.05, 3.63) is 75.2 Å². The van der Waals surface area contributed by atoms with E-state index in [-0.39, 0.29) is 17.9 Å². The molecule has 6 heteroatoms. The number of methoxy groups -OCH3 is 1. The highest BCUT2D eigenvalue weighted by Crippen LogP contribution is 2.23. The van der Waals surface area contributed by atoms with Gasteiger partial charge in [0.05, 0.1) is 7.11 Å². The van der Waals surface area contributed by atoms with Gasteiger partial charge in [-0.15, -0.1) is 0 Å². The van der Waals surface area contributed by atoms with E-state index >= 15 is 0 Å². The number of aromatic nitrogens is 1. The molecular weight excluding hydrogens is 330 g/mol. The van der Waals surface area contributed by atoms with E-state index in [9.17, 15) is 9.59 Å². The fourth-order valence-electron chi connectivity index (χ4n) is 2.40. The number of ether oxygens (including phenoxy) is 2. The molecule has 0 atom stereocenters. The van der Waals surface area contributed by atoms with Crippen LogP contribution in [0.25, 0.3) is 10.8 Å². The van der Waals surface area contributed by atoms with Gasteiger partial charge >= 0.3 is 5.97 Å². The monoisotopic (exact) mass is 343 g/mol. The number of hydrogen-bond acceptors (Lipinski definition) is 4. The minimum absolute atomic E-state index is 0.0164. The maximum Gasteiger partial charge on any atom is 0.355 e. The van der Waals surface area contributed by atoms with E-state index in [1.165, 1.54) is 7.11 Å². The van der Waals surface area contributed by atoms with Gasteiger partial charge in [-0.05, 0) is 35.7 Å². The molecule has 3 aromatic rings. The molecule has 0 bridgehead atoms. The normalized spacial score (nSPS) is 10.6. The Kier molecular flexibility index (Phi) is 4.53. The van der Waals surface area contributed by atoms with Crippen LogP contribution >= 0.6 is 11.6 Å². The summed E-state index contributed by atoms with van der Waals surface area (Å²) in [6.45, 7) is -0.0164. The van der Waals surface area contributed by atoms with E-state index < -0.39 is 5.97 Å².